The Labute approximate surface area is 120 Å². The summed E-state index contributed by atoms with van der Waals surface area (Å²) in [5.41, 5.74) is 0. The Bertz CT molecular complexity index is 437. The number of hydrogen-bond acceptors (Lipinski definition) is 6. The van der Waals surface area contributed by atoms with Gasteiger partial charge < -0.3 is 15.5 Å². The van der Waals surface area contributed by atoms with E-state index in [1.165, 1.54) is 38.5 Å². The SMILES string of the molecule is CNc1nc(NCC2CCCC2)nc(N2CCCC2)n1. The average molecular weight is 276 g/mol. The summed E-state index contributed by atoms with van der Waals surface area (Å²) in [6.07, 6.45) is 7.84. The molecule has 0 unspecified atom stereocenters. The molecule has 110 valence electrons. The van der Waals surface area contributed by atoms with E-state index in [1.807, 2.05) is 7.05 Å². The molecule has 1 aromatic heterocycles. The second-order valence-corrected chi connectivity index (χ2v) is 5.76. The summed E-state index contributed by atoms with van der Waals surface area (Å²) >= 11 is 0. The lowest BCUT2D eigenvalue weighted by Gasteiger charge is -2.17. The van der Waals surface area contributed by atoms with Crippen LogP contribution in [0, 0.1) is 5.92 Å². The van der Waals surface area contributed by atoms with Crippen molar-refractivity contribution in [3.8, 4) is 0 Å². The van der Waals surface area contributed by atoms with Gasteiger partial charge in [0.2, 0.25) is 17.8 Å². The fraction of sp³-hybridized carbons (Fsp3) is 0.786. The van der Waals surface area contributed by atoms with Crippen LogP contribution < -0.4 is 15.5 Å². The summed E-state index contributed by atoms with van der Waals surface area (Å²) < 4.78 is 0. The lowest BCUT2D eigenvalue weighted by molar-refractivity contribution is 0.577. The molecule has 3 rings (SSSR count). The van der Waals surface area contributed by atoms with Gasteiger partial charge in [0.1, 0.15) is 0 Å². The van der Waals surface area contributed by atoms with Crippen molar-refractivity contribution >= 4 is 17.8 Å². The Balaban J connectivity index is 1.69. The smallest absolute Gasteiger partial charge is 0.231 e. The van der Waals surface area contributed by atoms with Crippen molar-refractivity contribution in [2.24, 2.45) is 5.92 Å². The third-order valence-corrected chi connectivity index (χ3v) is 4.26. The first-order chi connectivity index (χ1) is 9.85. The highest BCUT2D eigenvalue weighted by atomic mass is 15.3. The van der Waals surface area contributed by atoms with Crippen LogP contribution in [0.15, 0.2) is 0 Å². The minimum absolute atomic E-state index is 0.649. The third-order valence-electron chi connectivity index (χ3n) is 4.26. The molecule has 1 saturated carbocycles. The fourth-order valence-corrected chi connectivity index (χ4v) is 3.06. The summed E-state index contributed by atoms with van der Waals surface area (Å²) in [6, 6.07) is 0. The van der Waals surface area contributed by atoms with Crippen LogP contribution in [0.1, 0.15) is 38.5 Å². The first-order valence-corrected chi connectivity index (χ1v) is 7.78. The zero-order valence-corrected chi connectivity index (χ0v) is 12.2. The molecule has 6 heteroatoms. The number of nitrogens with zero attached hydrogens (tertiary/aromatic N) is 4. The normalized spacial score (nSPS) is 19.6. The average Bonchev–Trinajstić information content (AvgIpc) is 3.17. The van der Waals surface area contributed by atoms with E-state index in [1.54, 1.807) is 0 Å². The number of rotatable bonds is 5. The van der Waals surface area contributed by atoms with Crippen LogP contribution >= 0.6 is 0 Å². The molecule has 1 aliphatic heterocycles. The van der Waals surface area contributed by atoms with Crippen molar-refractivity contribution in [3.63, 3.8) is 0 Å². The van der Waals surface area contributed by atoms with Gasteiger partial charge in [0, 0.05) is 26.7 Å². The summed E-state index contributed by atoms with van der Waals surface area (Å²) in [7, 11) is 1.85. The Kier molecular flexibility index (Phi) is 4.18. The fourth-order valence-electron chi connectivity index (χ4n) is 3.06. The molecule has 0 spiro atoms. The van der Waals surface area contributed by atoms with Crippen molar-refractivity contribution in [2.45, 2.75) is 38.5 Å². The summed E-state index contributed by atoms with van der Waals surface area (Å²) in [4.78, 5) is 15.7. The van der Waals surface area contributed by atoms with Gasteiger partial charge in [-0.15, -0.1) is 0 Å². The maximum Gasteiger partial charge on any atom is 0.231 e. The molecule has 1 saturated heterocycles. The van der Waals surface area contributed by atoms with Crippen LogP contribution in [0.3, 0.4) is 0 Å². The van der Waals surface area contributed by atoms with Crippen LogP contribution in [-0.4, -0.2) is 41.6 Å². The zero-order valence-electron chi connectivity index (χ0n) is 12.2. The molecule has 0 aromatic carbocycles. The zero-order chi connectivity index (χ0) is 13.8. The van der Waals surface area contributed by atoms with E-state index in [2.05, 4.69) is 30.5 Å². The summed E-state index contributed by atoms with van der Waals surface area (Å²) in [6.45, 7) is 3.08. The molecule has 6 nitrogen and oxygen atoms in total. The predicted octanol–water partition coefficient (Wildman–Crippen LogP) is 2.12. The second kappa shape index (κ2) is 6.24. The number of anilines is 3. The standard InChI is InChI=1S/C14H24N6/c1-15-12-17-13(16-10-11-6-2-3-7-11)19-14(18-12)20-8-4-5-9-20/h11H,2-10H2,1H3,(H2,15,16,17,18,19). The van der Waals surface area contributed by atoms with Crippen molar-refractivity contribution in [3.05, 3.63) is 0 Å². The highest BCUT2D eigenvalue weighted by Crippen LogP contribution is 2.25. The molecule has 0 amide bonds. The largest absolute Gasteiger partial charge is 0.357 e. The van der Waals surface area contributed by atoms with Gasteiger partial charge in [-0.2, -0.15) is 15.0 Å². The van der Waals surface area contributed by atoms with E-state index >= 15 is 0 Å². The van der Waals surface area contributed by atoms with Gasteiger partial charge in [-0.05, 0) is 31.6 Å². The maximum absolute atomic E-state index is 4.58. The van der Waals surface area contributed by atoms with E-state index in [0.717, 1.165) is 31.5 Å². The van der Waals surface area contributed by atoms with E-state index in [4.69, 9.17) is 0 Å². The molecular formula is C14H24N6. The molecule has 2 heterocycles. The molecule has 0 atom stereocenters. The molecule has 20 heavy (non-hydrogen) atoms. The minimum atomic E-state index is 0.649. The van der Waals surface area contributed by atoms with Crippen LogP contribution in [0.2, 0.25) is 0 Å². The topological polar surface area (TPSA) is 66.0 Å². The van der Waals surface area contributed by atoms with Crippen molar-refractivity contribution in [2.75, 3.05) is 42.2 Å². The first kappa shape index (κ1) is 13.4. The molecule has 1 aromatic rings. The number of hydrogen-bond donors (Lipinski definition) is 2. The molecule has 0 bridgehead atoms. The van der Waals surface area contributed by atoms with Crippen molar-refractivity contribution in [1.29, 1.82) is 0 Å². The van der Waals surface area contributed by atoms with Gasteiger partial charge in [-0.1, -0.05) is 12.8 Å². The molecule has 1 aliphatic carbocycles. The van der Waals surface area contributed by atoms with Crippen LogP contribution in [0.4, 0.5) is 17.8 Å². The lowest BCUT2D eigenvalue weighted by Crippen LogP contribution is -2.22. The highest BCUT2D eigenvalue weighted by Gasteiger charge is 2.18. The van der Waals surface area contributed by atoms with Crippen LogP contribution in [0.5, 0.6) is 0 Å². The maximum atomic E-state index is 4.58. The second-order valence-electron chi connectivity index (χ2n) is 5.76. The Morgan fingerprint density at radius 2 is 1.70 bits per heavy atom. The van der Waals surface area contributed by atoms with E-state index in [9.17, 15) is 0 Å². The summed E-state index contributed by atoms with van der Waals surface area (Å²) in [5.74, 6) is 2.93. The Hall–Kier alpha value is -1.59. The van der Waals surface area contributed by atoms with E-state index in [0.29, 0.717) is 11.9 Å². The molecule has 0 radical (unpaired) electrons. The Morgan fingerprint density at radius 1 is 1.00 bits per heavy atom. The van der Waals surface area contributed by atoms with E-state index in [-0.39, 0.29) is 0 Å². The predicted molar refractivity (Wildman–Crippen MR) is 81.3 cm³/mol. The highest BCUT2D eigenvalue weighted by molar-refractivity contribution is 5.44. The van der Waals surface area contributed by atoms with Gasteiger partial charge in [0.25, 0.3) is 0 Å². The molecular weight excluding hydrogens is 252 g/mol. The quantitative estimate of drug-likeness (QED) is 0.858. The molecule has 2 fully saturated rings. The number of nitrogens with one attached hydrogen (secondary N) is 2. The van der Waals surface area contributed by atoms with Gasteiger partial charge in [0.15, 0.2) is 0 Å². The molecule has 2 aliphatic rings. The van der Waals surface area contributed by atoms with Crippen LogP contribution in [-0.2, 0) is 0 Å². The molecule has 2 N–H and O–H groups in total. The van der Waals surface area contributed by atoms with Crippen LogP contribution in [0.25, 0.3) is 0 Å². The lowest BCUT2D eigenvalue weighted by atomic mass is 10.1. The number of aromatic nitrogens is 3. The summed E-state index contributed by atoms with van der Waals surface area (Å²) in [5, 5.41) is 6.43. The Morgan fingerprint density at radius 3 is 2.40 bits per heavy atom. The minimum Gasteiger partial charge on any atom is -0.357 e. The van der Waals surface area contributed by atoms with Gasteiger partial charge in [0.05, 0.1) is 0 Å². The van der Waals surface area contributed by atoms with Gasteiger partial charge in [-0.3, -0.25) is 0 Å². The van der Waals surface area contributed by atoms with Crippen molar-refractivity contribution in [1.82, 2.24) is 15.0 Å². The van der Waals surface area contributed by atoms with Gasteiger partial charge >= 0.3 is 0 Å². The monoisotopic (exact) mass is 276 g/mol. The third kappa shape index (κ3) is 3.11. The van der Waals surface area contributed by atoms with Crippen molar-refractivity contribution < 1.29 is 0 Å². The first-order valence-electron chi connectivity index (χ1n) is 7.78. The van der Waals surface area contributed by atoms with Gasteiger partial charge in [-0.25, -0.2) is 0 Å². The van der Waals surface area contributed by atoms with E-state index < -0.39 is 0 Å².